The Labute approximate surface area is 50.8 Å². The Bertz CT molecular complexity index is 193. The fourth-order valence-corrected chi connectivity index (χ4v) is 0.553. The number of rotatable bonds is 0. The highest BCUT2D eigenvalue weighted by Gasteiger charge is 2.38. The van der Waals surface area contributed by atoms with Crippen LogP contribution in [-0.4, -0.2) is 23.6 Å². The lowest BCUT2D eigenvalue weighted by Gasteiger charge is -1.92. The number of cyclic esters (lactones) is 1. The summed E-state index contributed by atoms with van der Waals surface area (Å²) >= 11 is 0. The van der Waals surface area contributed by atoms with Gasteiger partial charge in [0.1, 0.15) is 0 Å². The van der Waals surface area contributed by atoms with Crippen molar-refractivity contribution in [3.05, 3.63) is 0 Å². The summed E-state index contributed by atoms with van der Waals surface area (Å²) in [6, 6.07) is 0. The van der Waals surface area contributed by atoms with Gasteiger partial charge in [0.05, 0.1) is 0 Å². The second kappa shape index (κ2) is 1.65. The van der Waals surface area contributed by atoms with Gasteiger partial charge in [-0.3, -0.25) is 9.59 Å². The standard InChI is InChI=1S/C5H4O4/c1-2-3(6)4(7)5(8)9-2/h2H,1H3. The van der Waals surface area contributed by atoms with Crippen molar-refractivity contribution < 1.29 is 19.1 Å². The van der Waals surface area contributed by atoms with Crippen LogP contribution in [0.2, 0.25) is 0 Å². The number of hydrogen-bond acceptors (Lipinski definition) is 4. The molecular formula is C5H4O4. The number of ketones is 2. The number of esters is 1. The molecule has 4 heteroatoms. The summed E-state index contributed by atoms with van der Waals surface area (Å²) in [5.41, 5.74) is 0. The van der Waals surface area contributed by atoms with E-state index < -0.39 is 23.6 Å². The van der Waals surface area contributed by atoms with Gasteiger partial charge < -0.3 is 4.74 Å². The first-order chi connectivity index (χ1) is 4.13. The Morgan fingerprint density at radius 1 is 1.33 bits per heavy atom. The average molecular weight is 128 g/mol. The van der Waals surface area contributed by atoms with Crippen molar-refractivity contribution in [1.82, 2.24) is 0 Å². The van der Waals surface area contributed by atoms with Crippen molar-refractivity contribution in [1.29, 1.82) is 0 Å². The molecule has 0 saturated carbocycles. The SMILES string of the molecule is CC1OC(=O)C(=O)C1=O. The van der Waals surface area contributed by atoms with Crippen LogP contribution in [0, 0.1) is 0 Å². The van der Waals surface area contributed by atoms with Crippen molar-refractivity contribution in [2.24, 2.45) is 0 Å². The van der Waals surface area contributed by atoms with Gasteiger partial charge in [0, 0.05) is 0 Å². The Balaban J connectivity index is 2.90. The number of hydrogen-bond donors (Lipinski definition) is 0. The monoisotopic (exact) mass is 128 g/mol. The topological polar surface area (TPSA) is 60.4 Å². The van der Waals surface area contributed by atoms with Gasteiger partial charge >= 0.3 is 11.8 Å². The van der Waals surface area contributed by atoms with Crippen LogP contribution in [0.1, 0.15) is 6.92 Å². The first-order valence-corrected chi connectivity index (χ1v) is 2.42. The van der Waals surface area contributed by atoms with Crippen LogP contribution in [0.25, 0.3) is 0 Å². The normalized spacial score (nSPS) is 26.8. The van der Waals surface area contributed by atoms with Crippen molar-refractivity contribution >= 4 is 17.5 Å². The van der Waals surface area contributed by atoms with Gasteiger partial charge in [0.2, 0.25) is 0 Å². The molecular weight excluding hydrogens is 124 g/mol. The van der Waals surface area contributed by atoms with E-state index in [1.807, 2.05) is 0 Å². The molecule has 4 nitrogen and oxygen atoms in total. The highest BCUT2D eigenvalue weighted by atomic mass is 16.6. The van der Waals surface area contributed by atoms with E-state index in [1.54, 1.807) is 0 Å². The molecule has 0 aliphatic carbocycles. The van der Waals surface area contributed by atoms with E-state index in [-0.39, 0.29) is 0 Å². The largest absolute Gasteiger partial charge is 0.448 e. The molecule has 9 heavy (non-hydrogen) atoms. The van der Waals surface area contributed by atoms with Gasteiger partial charge in [0.25, 0.3) is 5.78 Å². The molecule has 0 N–H and O–H groups in total. The molecule has 0 radical (unpaired) electrons. The molecule has 48 valence electrons. The molecule has 0 aromatic rings. The Hall–Kier alpha value is -1.19. The zero-order valence-corrected chi connectivity index (χ0v) is 4.71. The van der Waals surface area contributed by atoms with E-state index in [2.05, 4.69) is 4.74 Å². The van der Waals surface area contributed by atoms with Crippen LogP contribution in [0.3, 0.4) is 0 Å². The Morgan fingerprint density at radius 2 is 1.89 bits per heavy atom. The quantitative estimate of drug-likeness (QED) is 0.312. The number of Topliss-reactive ketones (excluding diaryl/α,β-unsaturated/α-hetero) is 2. The first kappa shape index (κ1) is 5.94. The Kier molecular flexibility index (Phi) is 1.09. The summed E-state index contributed by atoms with van der Waals surface area (Å²) in [4.78, 5) is 30.9. The fourth-order valence-electron chi connectivity index (χ4n) is 0.553. The first-order valence-electron chi connectivity index (χ1n) is 2.42. The van der Waals surface area contributed by atoms with Crippen molar-refractivity contribution in [2.75, 3.05) is 0 Å². The summed E-state index contributed by atoms with van der Waals surface area (Å²) in [6.07, 6.45) is -0.870. The van der Waals surface area contributed by atoms with E-state index >= 15 is 0 Å². The highest BCUT2D eigenvalue weighted by molar-refractivity contribution is 6.65. The molecule has 1 atom stereocenters. The van der Waals surface area contributed by atoms with E-state index in [9.17, 15) is 14.4 Å². The van der Waals surface area contributed by atoms with Gasteiger partial charge in [-0.15, -0.1) is 0 Å². The molecule has 1 rings (SSSR count). The third-order valence-electron chi connectivity index (χ3n) is 1.06. The van der Waals surface area contributed by atoms with Gasteiger partial charge in [-0.25, -0.2) is 4.79 Å². The van der Waals surface area contributed by atoms with Gasteiger partial charge in [-0.1, -0.05) is 0 Å². The molecule has 1 aliphatic rings. The van der Waals surface area contributed by atoms with Crippen LogP contribution in [0.4, 0.5) is 0 Å². The second-order valence-electron chi connectivity index (χ2n) is 1.74. The zero-order chi connectivity index (χ0) is 7.02. The van der Waals surface area contributed by atoms with Crippen LogP contribution in [-0.2, 0) is 19.1 Å². The summed E-state index contributed by atoms with van der Waals surface area (Å²) < 4.78 is 4.25. The third-order valence-corrected chi connectivity index (χ3v) is 1.06. The zero-order valence-electron chi connectivity index (χ0n) is 4.71. The lowest BCUT2D eigenvalue weighted by Crippen LogP contribution is -2.16. The molecule has 0 bridgehead atoms. The Morgan fingerprint density at radius 3 is 2.00 bits per heavy atom. The molecule has 1 heterocycles. The summed E-state index contributed by atoms with van der Waals surface area (Å²) in [5.74, 6) is -2.82. The van der Waals surface area contributed by atoms with Crippen LogP contribution in [0.5, 0.6) is 0 Å². The summed E-state index contributed by atoms with van der Waals surface area (Å²) in [7, 11) is 0. The van der Waals surface area contributed by atoms with Crippen LogP contribution < -0.4 is 0 Å². The lowest BCUT2D eigenvalue weighted by molar-refractivity contribution is -0.148. The fraction of sp³-hybridized carbons (Fsp3) is 0.400. The number of carbonyl (C=O) groups is 3. The molecule has 0 spiro atoms. The summed E-state index contributed by atoms with van der Waals surface area (Å²) in [6.45, 7) is 1.37. The van der Waals surface area contributed by atoms with Crippen molar-refractivity contribution in [2.45, 2.75) is 13.0 Å². The lowest BCUT2D eigenvalue weighted by atomic mass is 10.2. The highest BCUT2D eigenvalue weighted by Crippen LogP contribution is 2.04. The maximum Gasteiger partial charge on any atom is 0.383 e. The maximum absolute atomic E-state index is 10.4. The molecule has 0 aromatic heterocycles. The van der Waals surface area contributed by atoms with Gasteiger partial charge in [-0.2, -0.15) is 0 Å². The predicted octanol–water partition coefficient (Wildman–Crippen LogP) is -0.930. The third kappa shape index (κ3) is 0.718. The van der Waals surface area contributed by atoms with E-state index in [4.69, 9.17) is 0 Å². The molecule has 1 unspecified atom stereocenters. The van der Waals surface area contributed by atoms with E-state index in [1.165, 1.54) is 6.92 Å². The van der Waals surface area contributed by atoms with Gasteiger partial charge in [0.15, 0.2) is 6.10 Å². The predicted molar refractivity (Wildman–Crippen MR) is 25.6 cm³/mol. The van der Waals surface area contributed by atoms with Gasteiger partial charge in [-0.05, 0) is 6.92 Å². The minimum absolute atomic E-state index is 0.750. The molecule has 0 aromatic carbocycles. The molecule has 1 aliphatic heterocycles. The summed E-state index contributed by atoms with van der Waals surface area (Å²) in [5, 5.41) is 0. The van der Waals surface area contributed by atoms with Crippen molar-refractivity contribution in [3.63, 3.8) is 0 Å². The number of carbonyl (C=O) groups excluding carboxylic acids is 3. The molecule has 1 saturated heterocycles. The minimum Gasteiger partial charge on any atom is -0.448 e. The number of ether oxygens (including phenoxy) is 1. The smallest absolute Gasteiger partial charge is 0.383 e. The maximum atomic E-state index is 10.4. The average Bonchev–Trinajstić information content (AvgIpc) is 1.98. The molecule has 0 amide bonds. The van der Waals surface area contributed by atoms with Crippen LogP contribution in [0.15, 0.2) is 0 Å². The van der Waals surface area contributed by atoms with E-state index in [0.717, 1.165) is 0 Å². The minimum atomic E-state index is -1.04. The molecule has 1 fully saturated rings. The van der Waals surface area contributed by atoms with Crippen molar-refractivity contribution in [3.8, 4) is 0 Å². The van der Waals surface area contributed by atoms with Crippen LogP contribution >= 0.6 is 0 Å². The second-order valence-corrected chi connectivity index (χ2v) is 1.74. The van der Waals surface area contributed by atoms with E-state index in [0.29, 0.717) is 0 Å².